The zero-order valence-electron chi connectivity index (χ0n) is 19.8. The summed E-state index contributed by atoms with van der Waals surface area (Å²) in [6, 6.07) is 0.396. The van der Waals surface area contributed by atoms with Crippen molar-refractivity contribution in [3.05, 3.63) is 41.3 Å². The summed E-state index contributed by atoms with van der Waals surface area (Å²) in [7, 11) is 0. The number of ether oxygens (including phenoxy) is 2. The van der Waals surface area contributed by atoms with Gasteiger partial charge in [0.05, 0.1) is 24.4 Å². The second-order valence-electron chi connectivity index (χ2n) is 7.57. The number of ketones is 1. The largest absolute Gasteiger partial charge is 0.466 e. The minimum Gasteiger partial charge on any atom is -0.466 e. The van der Waals surface area contributed by atoms with Crippen molar-refractivity contribution in [2.75, 3.05) is 13.2 Å². The van der Waals surface area contributed by atoms with Gasteiger partial charge in [-0.25, -0.2) is 4.79 Å². The molecule has 1 amide bonds. The van der Waals surface area contributed by atoms with Crippen LogP contribution in [0.2, 0.25) is 0 Å². The Labute approximate surface area is 190 Å². The predicted octanol–water partition coefficient (Wildman–Crippen LogP) is 4.83. The first-order valence-electron chi connectivity index (χ1n) is 11.3. The van der Waals surface area contributed by atoms with E-state index in [9.17, 15) is 14.4 Å². The Kier molecular flexibility index (Phi) is 12.7. The first-order valence-corrected chi connectivity index (χ1v) is 11.3. The van der Waals surface area contributed by atoms with Gasteiger partial charge in [-0.05, 0) is 45.6 Å². The van der Waals surface area contributed by atoms with Gasteiger partial charge in [0.25, 0.3) is 0 Å². The number of carbonyl (C=O) groups is 3. The van der Waals surface area contributed by atoms with E-state index >= 15 is 0 Å². The summed E-state index contributed by atoms with van der Waals surface area (Å²) in [6.45, 7) is 8.11. The average molecular weight is 448 g/mol. The lowest BCUT2D eigenvalue weighted by atomic mass is 9.95. The third-order valence-electron chi connectivity index (χ3n) is 5.20. The van der Waals surface area contributed by atoms with E-state index in [-0.39, 0.29) is 18.8 Å². The Balaban J connectivity index is 0.000000368. The average Bonchev–Trinajstić information content (AvgIpc) is 3.16. The van der Waals surface area contributed by atoms with Crippen LogP contribution in [0.3, 0.4) is 0 Å². The van der Waals surface area contributed by atoms with Gasteiger partial charge in [-0.2, -0.15) is 5.10 Å². The number of amides is 1. The summed E-state index contributed by atoms with van der Waals surface area (Å²) < 4.78 is 11.4. The quantitative estimate of drug-likeness (QED) is 0.251. The van der Waals surface area contributed by atoms with E-state index in [0.717, 1.165) is 30.5 Å². The highest BCUT2D eigenvalue weighted by atomic mass is 16.5. The number of nitrogens with zero attached hydrogens (tertiary/aromatic N) is 2. The van der Waals surface area contributed by atoms with Crippen molar-refractivity contribution >= 4 is 17.8 Å². The van der Waals surface area contributed by atoms with Crippen LogP contribution in [0.4, 0.5) is 4.79 Å². The summed E-state index contributed by atoms with van der Waals surface area (Å²) in [5, 5.41) is 4.36. The molecule has 178 valence electrons. The molecule has 1 aromatic heterocycles. The highest BCUT2D eigenvalue weighted by Crippen LogP contribution is 2.29. The molecule has 1 aliphatic carbocycles. The van der Waals surface area contributed by atoms with Gasteiger partial charge in [-0.15, -0.1) is 0 Å². The second-order valence-corrected chi connectivity index (χ2v) is 7.57. The number of carbonyl (C=O) groups excluding carboxylic acids is 3. The Hall–Kier alpha value is -2.90. The van der Waals surface area contributed by atoms with Crippen LogP contribution < -0.4 is 5.73 Å². The maximum Gasteiger partial charge on any atom is 0.404 e. The molecule has 1 fully saturated rings. The highest BCUT2D eigenvalue weighted by molar-refractivity contribution is 6.06. The van der Waals surface area contributed by atoms with Crippen LogP contribution in [-0.2, 0) is 14.3 Å². The summed E-state index contributed by atoms with van der Waals surface area (Å²) in [4.78, 5) is 33.7. The van der Waals surface area contributed by atoms with Crippen LogP contribution in [0.5, 0.6) is 0 Å². The number of hydrogen-bond acceptors (Lipinski definition) is 6. The standard InChI is InChI=1S/C15H22N2O3.C9H15NO2/c1-3-20-15(19)9-14(18)13-10-16-17(11(13)2)12-7-5-4-6-8-12;1-3-5-6-8(4-2)7-12-9(10)11/h10,12H,3-9H2,1-2H3;4-6H,3,7H2,1-2H3,(H2,10,11)/b;6-5-,8-4+. The normalized spacial score (nSPS) is 14.6. The van der Waals surface area contributed by atoms with Crippen molar-refractivity contribution < 1.29 is 23.9 Å². The topological polar surface area (TPSA) is 114 Å². The van der Waals surface area contributed by atoms with Gasteiger partial charge in [0, 0.05) is 5.69 Å². The van der Waals surface area contributed by atoms with E-state index in [0.29, 0.717) is 18.2 Å². The Bertz CT molecular complexity index is 805. The number of aromatic nitrogens is 2. The molecular weight excluding hydrogens is 410 g/mol. The molecule has 0 saturated heterocycles. The molecule has 1 aliphatic rings. The van der Waals surface area contributed by atoms with Gasteiger partial charge in [-0.3, -0.25) is 14.3 Å². The van der Waals surface area contributed by atoms with Crippen LogP contribution in [0.25, 0.3) is 0 Å². The molecule has 0 radical (unpaired) electrons. The van der Waals surface area contributed by atoms with Crippen molar-refractivity contribution in [1.29, 1.82) is 0 Å². The number of esters is 1. The SMILES string of the molecule is C/C=C(\C=C/CC)COC(N)=O.CCOC(=O)CC(=O)c1cnn(C2CCCCC2)c1C. The lowest BCUT2D eigenvalue weighted by Gasteiger charge is -2.23. The van der Waals surface area contributed by atoms with Gasteiger partial charge in [0.15, 0.2) is 5.78 Å². The van der Waals surface area contributed by atoms with Crippen molar-refractivity contribution in [2.24, 2.45) is 5.73 Å². The smallest absolute Gasteiger partial charge is 0.404 e. The van der Waals surface area contributed by atoms with E-state index in [2.05, 4.69) is 9.84 Å². The summed E-state index contributed by atoms with van der Waals surface area (Å²) in [5.41, 5.74) is 7.18. The van der Waals surface area contributed by atoms with Crippen LogP contribution in [-0.4, -0.2) is 40.8 Å². The summed E-state index contributed by atoms with van der Waals surface area (Å²) in [6.07, 6.45) is 13.4. The number of primary amides is 1. The fourth-order valence-electron chi connectivity index (χ4n) is 3.48. The molecule has 0 atom stereocenters. The zero-order chi connectivity index (χ0) is 23.9. The minimum absolute atomic E-state index is 0.203. The fourth-order valence-corrected chi connectivity index (χ4v) is 3.48. The monoisotopic (exact) mass is 447 g/mol. The van der Waals surface area contributed by atoms with E-state index in [1.807, 2.05) is 43.7 Å². The molecule has 0 bridgehead atoms. The molecule has 2 N–H and O–H groups in total. The third-order valence-corrected chi connectivity index (χ3v) is 5.20. The predicted molar refractivity (Wildman–Crippen MR) is 123 cm³/mol. The molecule has 0 unspecified atom stereocenters. The molecular formula is C24H37N3O5. The van der Waals surface area contributed by atoms with Gasteiger partial charge < -0.3 is 15.2 Å². The van der Waals surface area contributed by atoms with Gasteiger partial charge >= 0.3 is 12.1 Å². The maximum absolute atomic E-state index is 12.1. The number of Topliss-reactive ketones (excluding diaryl/α,β-unsaturated/α-hetero) is 1. The lowest BCUT2D eigenvalue weighted by Crippen LogP contribution is -2.16. The molecule has 1 saturated carbocycles. The van der Waals surface area contributed by atoms with Gasteiger partial charge in [0.2, 0.25) is 0 Å². The van der Waals surface area contributed by atoms with Crippen molar-refractivity contribution in [3.8, 4) is 0 Å². The Morgan fingerprint density at radius 2 is 1.88 bits per heavy atom. The number of nitrogens with two attached hydrogens (primary N) is 1. The molecule has 0 spiro atoms. The molecule has 0 aliphatic heterocycles. The van der Waals surface area contributed by atoms with Crippen LogP contribution in [0.1, 0.15) is 87.8 Å². The minimum atomic E-state index is -0.737. The number of allylic oxidation sites excluding steroid dienone is 2. The molecule has 1 aromatic rings. The Morgan fingerprint density at radius 3 is 2.44 bits per heavy atom. The Morgan fingerprint density at radius 1 is 1.19 bits per heavy atom. The third kappa shape index (κ3) is 9.49. The second kappa shape index (κ2) is 15.0. The van der Waals surface area contributed by atoms with Crippen LogP contribution >= 0.6 is 0 Å². The van der Waals surface area contributed by atoms with E-state index in [1.54, 1.807) is 13.1 Å². The van der Waals surface area contributed by atoms with Crippen molar-refractivity contribution in [2.45, 2.75) is 78.7 Å². The molecule has 8 nitrogen and oxygen atoms in total. The van der Waals surface area contributed by atoms with Crippen LogP contribution in [0, 0.1) is 6.92 Å². The number of hydrogen-bond donors (Lipinski definition) is 1. The molecule has 1 heterocycles. The fraction of sp³-hybridized carbons (Fsp3) is 0.583. The van der Waals surface area contributed by atoms with Crippen LogP contribution in [0.15, 0.2) is 30.0 Å². The van der Waals surface area contributed by atoms with E-state index < -0.39 is 12.1 Å². The lowest BCUT2D eigenvalue weighted by molar-refractivity contribution is -0.141. The van der Waals surface area contributed by atoms with Gasteiger partial charge in [-0.1, -0.05) is 44.4 Å². The summed E-state index contributed by atoms with van der Waals surface area (Å²) >= 11 is 0. The first-order chi connectivity index (χ1) is 15.3. The molecule has 32 heavy (non-hydrogen) atoms. The van der Waals surface area contributed by atoms with Crippen molar-refractivity contribution in [3.63, 3.8) is 0 Å². The maximum atomic E-state index is 12.1. The molecule has 8 heteroatoms. The molecule has 0 aromatic carbocycles. The first kappa shape index (κ1) is 27.1. The van der Waals surface area contributed by atoms with E-state index in [4.69, 9.17) is 10.5 Å². The summed E-state index contributed by atoms with van der Waals surface area (Å²) in [5.74, 6) is -0.676. The highest BCUT2D eigenvalue weighted by Gasteiger charge is 2.22. The van der Waals surface area contributed by atoms with Crippen molar-refractivity contribution in [1.82, 2.24) is 9.78 Å². The van der Waals surface area contributed by atoms with E-state index in [1.165, 1.54) is 19.3 Å². The van der Waals surface area contributed by atoms with Gasteiger partial charge in [0.1, 0.15) is 13.0 Å². The number of rotatable bonds is 9. The molecule has 2 rings (SSSR count). The zero-order valence-corrected chi connectivity index (χ0v) is 19.8.